The van der Waals surface area contributed by atoms with E-state index in [4.69, 9.17) is 4.74 Å². The Morgan fingerprint density at radius 1 is 1.50 bits per heavy atom. The largest absolute Gasteiger partial charge is 0.444 e. The van der Waals surface area contributed by atoms with Crippen LogP contribution in [0.1, 0.15) is 33.2 Å². The van der Waals surface area contributed by atoms with Gasteiger partial charge in [0.1, 0.15) is 5.60 Å². The van der Waals surface area contributed by atoms with Gasteiger partial charge in [-0.15, -0.1) is 0 Å². The van der Waals surface area contributed by atoms with Gasteiger partial charge in [0.2, 0.25) is 0 Å². The number of carbonyl (C=O) groups is 1. The van der Waals surface area contributed by atoms with E-state index in [2.05, 4.69) is 27.7 Å². The molecule has 1 N–H and O–H groups in total. The Balaban J connectivity index is 2.06. The Hall–Kier alpha value is -0.830. The number of nitrogens with zero attached hydrogens (tertiary/aromatic N) is 3. The third-order valence-corrected chi connectivity index (χ3v) is 3.56. The van der Waals surface area contributed by atoms with Gasteiger partial charge in [-0.2, -0.15) is 5.10 Å². The van der Waals surface area contributed by atoms with Crippen LogP contribution in [0.25, 0.3) is 0 Å². The number of aliphatic hydroxyl groups is 1. The molecule has 1 saturated heterocycles. The second-order valence-electron chi connectivity index (χ2n) is 6.07. The average molecular weight is 393 g/mol. The molecule has 0 aliphatic carbocycles. The number of β-amino-alcohol motifs (C(OH)–C–C–N with tert-alkyl or cyclic N) is 1. The van der Waals surface area contributed by atoms with E-state index in [0.29, 0.717) is 19.5 Å². The molecule has 2 rings (SSSR count). The molecule has 2 atom stereocenters. The molecule has 6 nitrogen and oxygen atoms in total. The number of halogens is 1. The van der Waals surface area contributed by atoms with E-state index in [-0.39, 0.29) is 12.1 Å². The lowest BCUT2D eigenvalue weighted by atomic mass is 10.0. The van der Waals surface area contributed by atoms with Crippen molar-refractivity contribution in [1.29, 1.82) is 0 Å². The van der Waals surface area contributed by atoms with Crippen molar-refractivity contribution in [2.75, 3.05) is 13.1 Å². The number of ether oxygens (including phenoxy) is 1. The van der Waals surface area contributed by atoms with Crippen molar-refractivity contribution in [2.45, 2.75) is 44.9 Å². The number of aromatic nitrogens is 2. The first-order chi connectivity index (χ1) is 9.24. The van der Waals surface area contributed by atoms with E-state index in [1.165, 1.54) is 0 Å². The smallest absolute Gasteiger partial charge is 0.410 e. The van der Waals surface area contributed by atoms with Gasteiger partial charge in [-0.05, 0) is 49.8 Å². The van der Waals surface area contributed by atoms with Crippen LogP contribution in [-0.2, 0) is 4.74 Å². The summed E-state index contributed by atoms with van der Waals surface area (Å²) in [4.78, 5) is 13.7. The summed E-state index contributed by atoms with van der Waals surface area (Å²) in [5.74, 6) is 0. The van der Waals surface area contributed by atoms with Crippen LogP contribution in [0.2, 0.25) is 0 Å². The van der Waals surface area contributed by atoms with Gasteiger partial charge in [0.05, 0.1) is 28.5 Å². The topological polar surface area (TPSA) is 67.6 Å². The molecule has 0 saturated carbocycles. The van der Waals surface area contributed by atoms with E-state index in [1.54, 1.807) is 11.1 Å². The molecule has 112 valence electrons. The summed E-state index contributed by atoms with van der Waals surface area (Å²) in [6, 6.07) is -0.0187. The molecule has 1 amide bonds. The molecule has 2 heterocycles. The molecule has 2 unspecified atom stereocenters. The normalized spacial score (nSPS) is 23.8. The highest BCUT2D eigenvalue weighted by Gasteiger charge is 2.32. The van der Waals surface area contributed by atoms with Crippen molar-refractivity contribution in [1.82, 2.24) is 14.7 Å². The summed E-state index contributed by atoms with van der Waals surface area (Å²) in [7, 11) is 0. The lowest BCUT2D eigenvalue weighted by Crippen LogP contribution is -2.48. The molecule has 1 aliphatic heterocycles. The van der Waals surface area contributed by atoms with E-state index in [9.17, 15) is 9.90 Å². The molecular weight excluding hydrogens is 373 g/mol. The van der Waals surface area contributed by atoms with Crippen LogP contribution in [0.5, 0.6) is 0 Å². The maximum atomic E-state index is 12.1. The average Bonchev–Trinajstić information content (AvgIpc) is 2.73. The summed E-state index contributed by atoms with van der Waals surface area (Å²) in [6.45, 7) is 6.31. The third kappa shape index (κ3) is 4.08. The minimum absolute atomic E-state index is 0.0187. The van der Waals surface area contributed by atoms with Crippen molar-refractivity contribution in [2.24, 2.45) is 0 Å². The third-order valence-electron chi connectivity index (χ3n) is 3.00. The molecule has 0 spiro atoms. The van der Waals surface area contributed by atoms with E-state index in [0.717, 1.165) is 3.57 Å². The Morgan fingerprint density at radius 2 is 2.20 bits per heavy atom. The summed E-state index contributed by atoms with van der Waals surface area (Å²) in [5.41, 5.74) is -0.532. The number of aliphatic hydroxyl groups excluding tert-OH is 1. The minimum atomic E-state index is -0.553. The number of rotatable bonds is 1. The van der Waals surface area contributed by atoms with Gasteiger partial charge >= 0.3 is 6.09 Å². The van der Waals surface area contributed by atoms with Crippen LogP contribution in [0, 0.1) is 3.57 Å². The predicted molar refractivity (Wildman–Crippen MR) is 82.4 cm³/mol. The number of hydrogen-bond donors (Lipinski definition) is 1. The molecule has 1 aromatic heterocycles. The van der Waals surface area contributed by atoms with Gasteiger partial charge in [0.25, 0.3) is 0 Å². The Morgan fingerprint density at radius 3 is 2.75 bits per heavy atom. The first kappa shape index (κ1) is 15.6. The van der Waals surface area contributed by atoms with Crippen molar-refractivity contribution in [3.63, 3.8) is 0 Å². The predicted octanol–water partition coefficient (Wildman–Crippen LogP) is 2.03. The highest BCUT2D eigenvalue weighted by atomic mass is 127. The number of carbonyl (C=O) groups excluding carboxylic acids is 1. The summed E-state index contributed by atoms with van der Waals surface area (Å²) >= 11 is 2.19. The lowest BCUT2D eigenvalue weighted by molar-refractivity contribution is -0.00686. The maximum Gasteiger partial charge on any atom is 0.410 e. The standard InChI is InChI=1S/C13H20IN3O3/c1-13(2,3)20-12(19)16-7-10(4-11(18)8-16)17-6-9(14)5-15-17/h5-6,10-11,18H,4,7-8H2,1-3H3. The Labute approximate surface area is 132 Å². The van der Waals surface area contributed by atoms with Gasteiger partial charge in [-0.25, -0.2) is 4.79 Å². The highest BCUT2D eigenvalue weighted by Crippen LogP contribution is 2.23. The monoisotopic (exact) mass is 393 g/mol. The fraction of sp³-hybridized carbons (Fsp3) is 0.692. The quantitative estimate of drug-likeness (QED) is 0.742. The number of amides is 1. The van der Waals surface area contributed by atoms with Gasteiger partial charge < -0.3 is 14.7 Å². The van der Waals surface area contributed by atoms with Crippen molar-refractivity contribution >= 4 is 28.7 Å². The second kappa shape index (κ2) is 5.88. The van der Waals surface area contributed by atoms with Crippen LogP contribution in [-0.4, -0.2) is 50.7 Å². The number of piperidine rings is 1. The van der Waals surface area contributed by atoms with Crippen LogP contribution in [0.15, 0.2) is 12.4 Å². The van der Waals surface area contributed by atoms with Crippen LogP contribution < -0.4 is 0 Å². The Bertz CT molecular complexity index is 483. The SMILES string of the molecule is CC(C)(C)OC(=O)N1CC(O)CC(n2cc(I)cn2)C1. The summed E-state index contributed by atoms with van der Waals surface area (Å²) in [6.07, 6.45) is 3.33. The zero-order valence-corrected chi connectivity index (χ0v) is 14.1. The van der Waals surface area contributed by atoms with Gasteiger partial charge in [-0.1, -0.05) is 0 Å². The Kier molecular flexibility index (Phi) is 4.58. The lowest BCUT2D eigenvalue weighted by Gasteiger charge is -2.36. The van der Waals surface area contributed by atoms with Gasteiger partial charge in [0.15, 0.2) is 0 Å². The van der Waals surface area contributed by atoms with Crippen LogP contribution in [0.3, 0.4) is 0 Å². The summed E-state index contributed by atoms with van der Waals surface area (Å²) in [5, 5.41) is 14.2. The first-order valence-electron chi connectivity index (χ1n) is 6.60. The van der Waals surface area contributed by atoms with Crippen LogP contribution in [0.4, 0.5) is 4.79 Å². The molecule has 7 heteroatoms. The van der Waals surface area contributed by atoms with E-state index >= 15 is 0 Å². The maximum absolute atomic E-state index is 12.1. The van der Waals surface area contributed by atoms with Crippen molar-refractivity contribution in [3.05, 3.63) is 16.0 Å². The molecule has 1 aliphatic rings. The van der Waals surface area contributed by atoms with Crippen LogP contribution >= 0.6 is 22.6 Å². The molecule has 0 aromatic carbocycles. The molecule has 0 bridgehead atoms. The number of hydrogen-bond acceptors (Lipinski definition) is 4. The minimum Gasteiger partial charge on any atom is -0.444 e. The summed E-state index contributed by atoms with van der Waals surface area (Å²) < 4.78 is 8.20. The second-order valence-corrected chi connectivity index (χ2v) is 7.31. The van der Waals surface area contributed by atoms with Crippen molar-refractivity contribution < 1.29 is 14.6 Å². The molecule has 0 radical (unpaired) electrons. The van der Waals surface area contributed by atoms with Crippen molar-refractivity contribution in [3.8, 4) is 0 Å². The molecule has 1 fully saturated rings. The fourth-order valence-corrected chi connectivity index (χ4v) is 2.64. The number of likely N-dealkylation sites (tertiary alicyclic amines) is 1. The fourth-order valence-electron chi connectivity index (χ4n) is 2.23. The van der Waals surface area contributed by atoms with Gasteiger partial charge in [0, 0.05) is 12.7 Å². The zero-order valence-electron chi connectivity index (χ0n) is 11.9. The first-order valence-corrected chi connectivity index (χ1v) is 7.68. The molecule has 20 heavy (non-hydrogen) atoms. The molecule has 1 aromatic rings. The van der Waals surface area contributed by atoms with E-state index < -0.39 is 11.7 Å². The molecular formula is C13H20IN3O3. The van der Waals surface area contributed by atoms with Gasteiger partial charge in [-0.3, -0.25) is 4.68 Å². The zero-order chi connectivity index (χ0) is 14.9. The highest BCUT2D eigenvalue weighted by molar-refractivity contribution is 14.1. The van der Waals surface area contributed by atoms with E-state index in [1.807, 2.05) is 31.6 Å².